The molecule has 0 saturated heterocycles. The fourth-order valence-corrected chi connectivity index (χ4v) is 3.46. The van der Waals surface area contributed by atoms with E-state index in [0.29, 0.717) is 22.9 Å². The Kier molecular flexibility index (Phi) is 6.71. The molecule has 0 radical (unpaired) electrons. The monoisotopic (exact) mass is 501 g/mol. The highest BCUT2D eigenvalue weighted by Crippen LogP contribution is 2.32. The summed E-state index contributed by atoms with van der Waals surface area (Å²) in [4.78, 5) is 33.0. The Balaban J connectivity index is 1.27. The molecule has 0 atom stereocenters. The lowest BCUT2D eigenvalue weighted by Gasteiger charge is -2.13. The minimum atomic E-state index is -0.654. The van der Waals surface area contributed by atoms with Crippen molar-refractivity contribution in [3.8, 4) is 11.5 Å². The summed E-state index contributed by atoms with van der Waals surface area (Å²) in [6.45, 7) is 0. The standard InChI is InChI=1S/C27H21F2N5O3/c28-17-5-7-18(8-6-17)33-27(36)21-2-1-12-31-25(21)32-19-9-10-23(22(29)14-19)37-20-11-13-30-24(15-20)34-26(35)16-3-4-16/h1-2,5-16H,3-4H2,(H,31,32)(H,33,36)(H,30,34,35). The average molecular weight is 501 g/mol. The van der Waals surface area contributed by atoms with E-state index in [1.165, 1.54) is 54.9 Å². The normalized spacial score (nSPS) is 12.5. The van der Waals surface area contributed by atoms with Crippen molar-refractivity contribution in [3.63, 3.8) is 0 Å². The van der Waals surface area contributed by atoms with Crippen molar-refractivity contribution >= 4 is 34.8 Å². The zero-order valence-corrected chi connectivity index (χ0v) is 19.4. The molecular formula is C27H21F2N5O3. The van der Waals surface area contributed by atoms with Gasteiger partial charge in [-0.1, -0.05) is 0 Å². The maximum Gasteiger partial charge on any atom is 0.259 e. The quantitative estimate of drug-likeness (QED) is 0.278. The number of benzene rings is 2. The maximum atomic E-state index is 14.9. The molecule has 3 N–H and O–H groups in total. The van der Waals surface area contributed by atoms with Gasteiger partial charge in [-0.25, -0.2) is 18.7 Å². The first kappa shape index (κ1) is 23.9. The summed E-state index contributed by atoms with van der Waals surface area (Å²) in [6, 6.07) is 15.8. The topological polar surface area (TPSA) is 105 Å². The van der Waals surface area contributed by atoms with Gasteiger partial charge >= 0.3 is 0 Å². The van der Waals surface area contributed by atoms with E-state index in [-0.39, 0.29) is 29.0 Å². The summed E-state index contributed by atoms with van der Waals surface area (Å²) in [5.41, 5.74) is 0.969. The van der Waals surface area contributed by atoms with E-state index in [4.69, 9.17) is 4.74 Å². The molecule has 8 nitrogen and oxygen atoms in total. The number of hydrogen-bond donors (Lipinski definition) is 3. The van der Waals surface area contributed by atoms with Crippen LogP contribution < -0.4 is 20.7 Å². The van der Waals surface area contributed by atoms with Crippen LogP contribution in [0.25, 0.3) is 0 Å². The number of nitrogens with zero attached hydrogens (tertiary/aromatic N) is 2. The predicted molar refractivity (Wildman–Crippen MR) is 134 cm³/mol. The molecule has 37 heavy (non-hydrogen) atoms. The van der Waals surface area contributed by atoms with E-state index in [1.807, 2.05) is 0 Å². The van der Waals surface area contributed by atoms with Crippen LogP contribution in [0.2, 0.25) is 0 Å². The highest BCUT2D eigenvalue weighted by Gasteiger charge is 2.29. The first-order valence-corrected chi connectivity index (χ1v) is 11.5. The average Bonchev–Trinajstić information content (AvgIpc) is 3.74. The van der Waals surface area contributed by atoms with E-state index in [0.717, 1.165) is 12.8 Å². The third-order valence-corrected chi connectivity index (χ3v) is 5.51. The predicted octanol–water partition coefficient (Wildman–Crippen LogP) is 5.89. The van der Waals surface area contributed by atoms with Gasteiger partial charge in [-0.05, 0) is 67.4 Å². The summed E-state index contributed by atoms with van der Waals surface area (Å²) in [7, 11) is 0. The first-order chi connectivity index (χ1) is 17.9. The number of amides is 2. The van der Waals surface area contributed by atoms with E-state index < -0.39 is 17.5 Å². The molecule has 0 bridgehead atoms. The largest absolute Gasteiger partial charge is 0.454 e. The number of anilines is 4. The Morgan fingerprint density at radius 2 is 1.65 bits per heavy atom. The molecule has 0 spiro atoms. The highest BCUT2D eigenvalue weighted by atomic mass is 19.1. The minimum Gasteiger partial charge on any atom is -0.454 e. The van der Waals surface area contributed by atoms with E-state index in [1.54, 1.807) is 24.3 Å². The number of aromatic nitrogens is 2. The number of ether oxygens (including phenoxy) is 1. The summed E-state index contributed by atoms with van der Waals surface area (Å²) in [6.07, 6.45) is 4.69. The van der Waals surface area contributed by atoms with Gasteiger partial charge in [-0.3, -0.25) is 9.59 Å². The fraction of sp³-hybridized carbons (Fsp3) is 0.111. The van der Waals surface area contributed by atoms with Crippen molar-refractivity contribution in [2.24, 2.45) is 5.92 Å². The zero-order valence-electron chi connectivity index (χ0n) is 19.4. The number of carbonyl (C=O) groups excluding carboxylic acids is 2. The fourth-order valence-electron chi connectivity index (χ4n) is 3.46. The van der Waals surface area contributed by atoms with E-state index >= 15 is 0 Å². The van der Waals surface area contributed by atoms with Crippen molar-refractivity contribution in [3.05, 3.63) is 96.3 Å². The van der Waals surface area contributed by atoms with Gasteiger partial charge in [0.1, 0.15) is 23.2 Å². The van der Waals surface area contributed by atoms with E-state index in [2.05, 4.69) is 25.9 Å². The Morgan fingerprint density at radius 1 is 0.865 bits per heavy atom. The van der Waals surface area contributed by atoms with Gasteiger partial charge in [0.15, 0.2) is 11.6 Å². The van der Waals surface area contributed by atoms with Crippen molar-refractivity contribution in [1.29, 1.82) is 0 Å². The van der Waals surface area contributed by atoms with Crippen LogP contribution in [0.3, 0.4) is 0 Å². The van der Waals surface area contributed by atoms with Gasteiger partial charge < -0.3 is 20.7 Å². The molecule has 1 aliphatic carbocycles. The number of halogens is 2. The van der Waals surface area contributed by atoms with Gasteiger partial charge in [-0.2, -0.15) is 0 Å². The lowest BCUT2D eigenvalue weighted by Crippen LogP contribution is -2.14. The third kappa shape index (κ3) is 6.04. The molecule has 2 heterocycles. The summed E-state index contributed by atoms with van der Waals surface area (Å²) in [5, 5.41) is 8.34. The Bertz CT molecular complexity index is 1460. The van der Waals surface area contributed by atoms with Crippen molar-refractivity contribution in [2.75, 3.05) is 16.0 Å². The summed E-state index contributed by atoms with van der Waals surface area (Å²) in [5.74, 6) is -0.792. The van der Waals surface area contributed by atoms with Gasteiger partial charge in [0.2, 0.25) is 5.91 Å². The number of hydrogen-bond acceptors (Lipinski definition) is 6. The van der Waals surface area contributed by atoms with Gasteiger partial charge in [0.25, 0.3) is 5.91 Å². The van der Waals surface area contributed by atoms with Gasteiger partial charge in [-0.15, -0.1) is 0 Å². The van der Waals surface area contributed by atoms with Crippen LogP contribution in [0.15, 0.2) is 79.1 Å². The summed E-state index contributed by atoms with van der Waals surface area (Å²) >= 11 is 0. The minimum absolute atomic E-state index is 0.0254. The van der Waals surface area contributed by atoms with Crippen LogP contribution >= 0.6 is 0 Å². The molecular weight excluding hydrogens is 480 g/mol. The first-order valence-electron chi connectivity index (χ1n) is 11.5. The molecule has 1 saturated carbocycles. The van der Waals surface area contributed by atoms with Crippen LogP contribution in [-0.2, 0) is 4.79 Å². The van der Waals surface area contributed by atoms with E-state index in [9.17, 15) is 18.4 Å². The highest BCUT2D eigenvalue weighted by molar-refractivity contribution is 6.07. The van der Waals surface area contributed by atoms with Gasteiger partial charge in [0, 0.05) is 41.8 Å². The molecule has 4 aromatic rings. The SMILES string of the molecule is O=C(Nc1ccc(F)cc1)c1cccnc1Nc1ccc(Oc2ccnc(NC(=O)C3CC3)c2)c(F)c1. The zero-order chi connectivity index (χ0) is 25.8. The Hall–Kier alpha value is -4.86. The smallest absolute Gasteiger partial charge is 0.259 e. The number of pyridine rings is 2. The number of carbonyl (C=O) groups is 2. The van der Waals surface area contributed by atoms with Crippen molar-refractivity contribution in [2.45, 2.75) is 12.8 Å². The van der Waals surface area contributed by atoms with Crippen molar-refractivity contribution < 1.29 is 23.1 Å². The molecule has 5 rings (SSSR count). The Labute approximate surface area is 210 Å². The summed E-state index contributed by atoms with van der Waals surface area (Å²) < 4.78 is 33.6. The second kappa shape index (κ2) is 10.4. The van der Waals surface area contributed by atoms with Crippen LogP contribution in [0.1, 0.15) is 23.2 Å². The molecule has 0 aliphatic heterocycles. The molecule has 2 aromatic heterocycles. The third-order valence-electron chi connectivity index (χ3n) is 5.51. The second-order valence-electron chi connectivity index (χ2n) is 8.37. The molecule has 186 valence electrons. The Morgan fingerprint density at radius 3 is 2.41 bits per heavy atom. The number of nitrogens with one attached hydrogen (secondary N) is 3. The van der Waals surface area contributed by atoms with Crippen molar-refractivity contribution in [1.82, 2.24) is 9.97 Å². The lowest BCUT2D eigenvalue weighted by atomic mass is 10.2. The molecule has 2 aromatic carbocycles. The van der Waals surface area contributed by atoms with Crippen LogP contribution in [0, 0.1) is 17.6 Å². The maximum absolute atomic E-state index is 14.9. The van der Waals surface area contributed by atoms with Crippen LogP contribution in [0.4, 0.5) is 31.8 Å². The van der Waals surface area contributed by atoms with Crippen LogP contribution in [-0.4, -0.2) is 21.8 Å². The van der Waals surface area contributed by atoms with Gasteiger partial charge in [0.05, 0.1) is 5.56 Å². The second-order valence-corrected chi connectivity index (χ2v) is 8.37. The lowest BCUT2D eigenvalue weighted by molar-refractivity contribution is -0.117. The van der Waals surface area contributed by atoms with Crippen LogP contribution in [0.5, 0.6) is 11.5 Å². The molecule has 1 aliphatic rings. The molecule has 2 amide bonds. The number of rotatable bonds is 8. The molecule has 10 heteroatoms. The molecule has 0 unspecified atom stereocenters. The molecule has 1 fully saturated rings.